The lowest BCUT2D eigenvalue weighted by Gasteiger charge is -2.35. The number of halogens is 3. The molecule has 1 fully saturated rings. The third-order valence-electron chi connectivity index (χ3n) is 5.67. The molecular formula is C23H24F3N3O. The molecule has 0 atom stereocenters. The summed E-state index contributed by atoms with van der Waals surface area (Å²) in [7, 11) is 0. The summed E-state index contributed by atoms with van der Waals surface area (Å²) in [5.41, 5.74) is 0.146. The van der Waals surface area contributed by atoms with Gasteiger partial charge in [-0.15, -0.1) is 0 Å². The standard InChI is InChI=1S/C23H24F3N3O/c1-22(2,17-4-3-5-18(14-17)23(24,25)26)21(30)28-19-10-12-29(13-11-19)20-8-6-16(15-27)7-9-20/h3-9,14,19H,10-13H2,1-2H3,(H,28,30). The third kappa shape index (κ3) is 4.76. The van der Waals surface area contributed by atoms with Crippen molar-refractivity contribution in [2.75, 3.05) is 18.0 Å². The lowest BCUT2D eigenvalue weighted by molar-refractivity contribution is -0.138. The average molecular weight is 415 g/mol. The van der Waals surface area contributed by atoms with Gasteiger partial charge in [0.2, 0.25) is 5.91 Å². The van der Waals surface area contributed by atoms with Crippen LogP contribution in [0.15, 0.2) is 48.5 Å². The Labute approximate surface area is 174 Å². The molecule has 1 N–H and O–H groups in total. The minimum atomic E-state index is -4.44. The summed E-state index contributed by atoms with van der Waals surface area (Å²) in [5.74, 6) is -0.279. The van der Waals surface area contributed by atoms with Crippen LogP contribution in [0.2, 0.25) is 0 Å². The second-order valence-corrected chi connectivity index (χ2v) is 8.10. The SMILES string of the molecule is CC(C)(C(=O)NC1CCN(c2ccc(C#N)cc2)CC1)c1cccc(C(F)(F)F)c1. The van der Waals surface area contributed by atoms with E-state index in [4.69, 9.17) is 5.26 Å². The van der Waals surface area contributed by atoms with Crippen LogP contribution >= 0.6 is 0 Å². The average Bonchev–Trinajstić information content (AvgIpc) is 2.74. The second kappa shape index (κ2) is 8.39. The van der Waals surface area contributed by atoms with E-state index in [9.17, 15) is 18.0 Å². The van der Waals surface area contributed by atoms with Crippen LogP contribution in [-0.2, 0) is 16.4 Å². The molecule has 0 aromatic heterocycles. The maximum atomic E-state index is 13.0. The van der Waals surface area contributed by atoms with Gasteiger partial charge in [-0.3, -0.25) is 4.79 Å². The Bertz CT molecular complexity index is 937. The highest BCUT2D eigenvalue weighted by Crippen LogP contribution is 2.33. The molecule has 3 rings (SSSR count). The Kier molecular flexibility index (Phi) is 6.06. The Morgan fingerprint density at radius 3 is 2.23 bits per heavy atom. The molecule has 30 heavy (non-hydrogen) atoms. The van der Waals surface area contributed by atoms with Gasteiger partial charge >= 0.3 is 6.18 Å². The predicted octanol–water partition coefficient (Wildman–Crippen LogP) is 4.64. The third-order valence-corrected chi connectivity index (χ3v) is 5.67. The zero-order chi connectivity index (χ0) is 21.9. The molecule has 4 nitrogen and oxygen atoms in total. The van der Waals surface area contributed by atoms with Gasteiger partial charge in [0, 0.05) is 24.8 Å². The van der Waals surface area contributed by atoms with Crippen molar-refractivity contribution >= 4 is 11.6 Å². The zero-order valence-electron chi connectivity index (χ0n) is 17.0. The molecule has 1 aliphatic heterocycles. The van der Waals surface area contributed by atoms with E-state index in [1.54, 1.807) is 32.0 Å². The number of hydrogen-bond acceptors (Lipinski definition) is 3. The quantitative estimate of drug-likeness (QED) is 0.792. The van der Waals surface area contributed by atoms with Gasteiger partial charge in [0.15, 0.2) is 0 Å². The van der Waals surface area contributed by atoms with Gasteiger partial charge in [0.05, 0.1) is 22.6 Å². The minimum Gasteiger partial charge on any atom is -0.371 e. The van der Waals surface area contributed by atoms with Crippen molar-refractivity contribution in [3.05, 3.63) is 65.2 Å². The number of carbonyl (C=O) groups excluding carboxylic acids is 1. The number of rotatable bonds is 4. The number of amides is 1. The molecule has 1 aliphatic rings. The Morgan fingerprint density at radius 2 is 1.67 bits per heavy atom. The molecule has 0 radical (unpaired) electrons. The molecule has 1 amide bonds. The van der Waals surface area contributed by atoms with Crippen LogP contribution in [0, 0.1) is 11.3 Å². The van der Waals surface area contributed by atoms with Crippen LogP contribution in [0.4, 0.5) is 18.9 Å². The molecule has 1 heterocycles. The topological polar surface area (TPSA) is 56.1 Å². The van der Waals surface area contributed by atoms with Gasteiger partial charge < -0.3 is 10.2 Å². The highest BCUT2D eigenvalue weighted by atomic mass is 19.4. The Morgan fingerprint density at radius 1 is 1.07 bits per heavy atom. The Hall–Kier alpha value is -3.01. The molecular weight excluding hydrogens is 391 g/mol. The molecule has 7 heteroatoms. The molecule has 0 unspecified atom stereocenters. The van der Waals surface area contributed by atoms with E-state index in [1.807, 2.05) is 12.1 Å². The molecule has 2 aromatic carbocycles. The lowest BCUT2D eigenvalue weighted by atomic mass is 9.82. The highest BCUT2D eigenvalue weighted by molar-refractivity contribution is 5.87. The number of nitrogens with zero attached hydrogens (tertiary/aromatic N) is 2. The molecule has 0 saturated carbocycles. The van der Waals surface area contributed by atoms with E-state index in [2.05, 4.69) is 16.3 Å². The van der Waals surface area contributed by atoms with Gasteiger partial charge in [-0.2, -0.15) is 18.4 Å². The highest BCUT2D eigenvalue weighted by Gasteiger charge is 2.36. The summed E-state index contributed by atoms with van der Waals surface area (Å²) >= 11 is 0. The number of anilines is 1. The van der Waals surface area contributed by atoms with Gasteiger partial charge in [-0.25, -0.2) is 0 Å². The van der Waals surface area contributed by atoms with Crippen molar-refractivity contribution in [2.45, 2.75) is 44.3 Å². The monoisotopic (exact) mass is 415 g/mol. The number of carbonyl (C=O) groups is 1. The van der Waals surface area contributed by atoms with Crippen LogP contribution in [0.3, 0.4) is 0 Å². The van der Waals surface area contributed by atoms with Crippen molar-refractivity contribution in [1.29, 1.82) is 5.26 Å². The van der Waals surface area contributed by atoms with E-state index in [0.717, 1.165) is 43.8 Å². The first-order valence-electron chi connectivity index (χ1n) is 9.85. The molecule has 0 spiro atoms. The van der Waals surface area contributed by atoms with Crippen molar-refractivity contribution in [3.8, 4) is 6.07 Å². The fraction of sp³-hybridized carbons (Fsp3) is 0.391. The van der Waals surface area contributed by atoms with Crippen LogP contribution in [0.25, 0.3) is 0 Å². The van der Waals surface area contributed by atoms with Crippen molar-refractivity contribution in [2.24, 2.45) is 0 Å². The van der Waals surface area contributed by atoms with E-state index >= 15 is 0 Å². The first-order valence-corrected chi connectivity index (χ1v) is 9.85. The molecule has 0 aliphatic carbocycles. The largest absolute Gasteiger partial charge is 0.416 e. The fourth-order valence-corrected chi connectivity index (χ4v) is 3.61. The van der Waals surface area contributed by atoms with E-state index in [0.29, 0.717) is 11.1 Å². The number of benzene rings is 2. The van der Waals surface area contributed by atoms with Crippen LogP contribution in [-0.4, -0.2) is 25.0 Å². The second-order valence-electron chi connectivity index (χ2n) is 8.10. The molecule has 1 saturated heterocycles. The van der Waals surface area contributed by atoms with Gasteiger partial charge in [-0.1, -0.05) is 18.2 Å². The van der Waals surface area contributed by atoms with E-state index in [-0.39, 0.29) is 11.9 Å². The van der Waals surface area contributed by atoms with E-state index in [1.165, 1.54) is 6.07 Å². The maximum absolute atomic E-state index is 13.0. The van der Waals surface area contributed by atoms with Crippen molar-refractivity contribution in [1.82, 2.24) is 5.32 Å². The summed E-state index contributed by atoms with van der Waals surface area (Å²) in [4.78, 5) is 15.1. The summed E-state index contributed by atoms with van der Waals surface area (Å²) in [6.45, 7) is 4.79. The van der Waals surface area contributed by atoms with Gasteiger partial charge in [0.25, 0.3) is 0 Å². The first-order chi connectivity index (χ1) is 14.1. The number of alkyl halides is 3. The number of nitriles is 1. The lowest BCUT2D eigenvalue weighted by Crippen LogP contribution is -2.49. The van der Waals surface area contributed by atoms with Gasteiger partial charge in [-0.05, 0) is 62.6 Å². The summed E-state index contributed by atoms with van der Waals surface area (Å²) < 4.78 is 39.1. The van der Waals surface area contributed by atoms with Crippen molar-refractivity contribution in [3.63, 3.8) is 0 Å². The van der Waals surface area contributed by atoms with E-state index < -0.39 is 17.2 Å². The number of hydrogen-bond donors (Lipinski definition) is 1. The maximum Gasteiger partial charge on any atom is 0.416 e. The Balaban J connectivity index is 1.61. The summed E-state index contributed by atoms with van der Waals surface area (Å²) in [6, 6.07) is 14.4. The number of nitrogens with one attached hydrogen (secondary N) is 1. The number of piperidine rings is 1. The molecule has 158 valence electrons. The minimum absolute atomic E-state index is 0.0304. The smallest absolute Gasteiger partial charge is 0.371 e. The van der Waals surface area contributed by atoms with Crippen LogP contribution in [0.1, 0.15) is 43.4 Å². The van der Waals surface area contributed by atoms with Crippen LogP contribution in [0.5, 0.6) is 0 Å². The fourth-order valence-electron chi connectivity index (χ4n) is 3.61. The summed E-state index contributed by atoms with van der Waals surface area (Å²) in [6.07, 6.45) is -2.96. The van der Waals surface area contributed by atoms with Crippen LogP contribution < -0.4 is 10.2 Å². The first kappa shape index (κ1) is 21.7. The summed E-state index contributed by atoms with van der Waals surface area (Å²) in [5, 5.41) is 11.9. The van der Waals surface area contributed by atoms with Gasteiger partial charge in [0.1, 0.15) is 0 Å². The predicted molar refractivity (Wildman–Crippen MR) is 109 cm³/mol. The zero-order valence-corrected chi connectivity index (χ0v) is 17.0. The molecule has 2 aromatic rings. The van der Waals surface area contributed by atoms with Crippen molar-refractivity contribution < 1.29 is 18.0 Å². The molecule has 0 bridgehead atoms. The normalized spacial score (nSPS) is 15.5.